The van der Waals surface area contributed by atoms with E-state index in [1.165, 1.54) is 13.8 Å². The second kappa shape index (κ2) is 15.4. The molecule has 58 heavy (non-hydrogen) atoms. The normalized spacial score (nSPS) is 33.5. The van der Waals surface area contributed by atoms with Gasteiger partial charge in [-0.3, -0.25) is 14.4 Å². The van der Waals surface area contributed by atoms with E-state index >= 15 is 0 Å². The molecule has 3 aliphatic carbocycles. The van der Waals surface area contributed by atoms with Crippen molar-refractivity contribution in [3.05, 3.63) is 119 Å². The molecule has 11 atom stereocenters. The molecule has 3 aromatic rings. The zero-order valence-electron chi connectivity index (χ0n) is 33.2. The molecule has 0 unspecified atom stereocenters. The van der Waals surface area contributed by atoms with Gasteiger partial charge < -0.3 is 44.7 Å². The summed E-state index contributed by atoms with van der Waals surface area (Å²) in [6.45, 7) is 7.38. The largest absolute Gasteiger partial charge is 0.456 e. The summed E-state index contributed by atoms with van der Waals surface area (Å²) in [7, 11) is 0. The van der Waals surface area contributed by atoms with Crippen LogP contribution in [0.3, 0.4) is 0 Å². The van der Waals surface area contributed by atoms with Gasteiger partial charge in [0.2, 0.25) is 0 Å². The third kappa shape index (κ3) is 6.67. The summed E-state index contributed by atoms with van der Waals surface area (Å²) in [4.78, 5) is 55.4. The fourth-order valence-electron chi connectivity index (χ4n) is 10.0. The number of rotatable bonds is 10. The molecule has 4 aliphatic rings. The summed E-state index contributed by atoms with van der Waals surface area (Å²) in [6, 6.07) is 24.6. The van der Waals surface area contributed by atoms with Crippen LogP contribution in [0.4, 0.5) is 0 Å². The van der Waals surface area contributed by atoms with E-state index in [0.29, 0.717) is 11.1 Å². The number of benzene rings is 3. The number of ether oxygens (including phenoxy) is 4. The molecule has 0 radical (unpaired) electrons. The molecule has 1 aliphatic heterocycles. The Labute approximate surface area is 337 Å². The lowest BCUT2D eigenvalue weighted by molar-refractivity contribution is -0.351. The van der Waals surface area contributed by atoms with Crippen molar-refractivity contribution in [1.29, 1.82) is 0 Å². The molecule has 3 aromatic carbocycles. The molecule has 1 heterocycles. The van der Waals surface area contributed by atoms with Crippen molar-refractivity contribution >= 4 is 23.6 Å². The molecule has 2 bridgehead atoms. The highest BCUT2D eigenvalue weighted by molar-refractivity contribution is 5.95. The van der Waals surface area contributed by atoms with E-state index in [2.05, 4.69) is 5.32 Å². The van der Waals surface area contributed by atoms with Crippen LogP contribution in [0.2, 0.25) is 0 Å². The smallest absolute Gasteiger partial charge is 0.338 e. The first-order valence-corrected chi connectivity index (χ1v) is 19.6. The number of hydrogen-bond acceptors (Lipinski definition) is 12. The molecule has 308 valence electrons. The third-order valence-electron chi connectivity index (χ3n) is 13.2. The van der Waals surface area contributed by atoms with Crippen LogP contribution in [0.5, 0.6) is 0 Å². The van der Waals surface area contributed by atoms with Crippen LogP contribution >= 0.6 is 0 Å². The Kier molecular flexibility index (Phi) is 11.0. The Morgan fingerprint density at radius 2 is 1.53 bits per heavy atom. The van der Waals surface area contributed by atoms with Gasteiger partial charge in [0.1, 0.15) is 23.9 Å². The highest BCUT2D eigenvalue weighted by Crippen LogP contribution is 2.64. The minimum absolute atomic E-state index is 0.0595. The van der Waals surface area contributed by atoms with Gasteiger partial charge in [-0.05, 0) is 48.3 Å². The predicted octanol–water partition coefficient (Wildman–Crippen LogP) is 3.52. The van der Waals surface area contributed by atoms with Crippen molar-refractivity contribution in [2.75, 3.05) is 6.61 Å². The zero-order chi connectivity index (χ0) is 41.8. The van der Waals surface area contributed by atoms with Gasteiger partial charge in [0.05, 0.1) is 36.9 Å². The van der Waals surface area contributed by atoms with Crippen LogP contribution in [0.1, 0.15) is 75.0 Å². The second-order valence-electron chi connectivity index (χ2n) is 16.8. The second-order valence-corrected chi connectivity index (χ2v) is 16.8. The molecule has 13 heteroatoms. The number of aliphatic hydroxyl groups excluding tert-OH is 3. The SMILES string of the molecule is CC(=O)O[C@@]12CO[C@@H]1C[C@H](O)[C@@]1(C)C(=O)[C@H](O)C3=C(C)[C@@H](OC(=O)[C@H](O)[C@@H](NC(=O)c4ccccc4)c4ccccc4)C[C@@](O)([C@@H](OCc4ccccc4)[C@H]21)C3(C)C. The van der Waals surface area contributed by atoms with Gasteiger partial charge in [-0.15, -0.1) is 0 Å². The molecule has 1 saturated heterocycles. The Hall–Kier alpha value is -4.76. The van der Waals surface area contributed by atoms with Gasteiger partial charge in [-0.25, -0.2) is 4.79 Å². The minimum atomic E-state index is -2.11. The van der Waals surface area contributed by atoms with Crippen molar-refractivity contribution in [3.8, 4) is 0 Å². The summed E-state index contributed by atoms with van der Waals surface area (Å²) in [5, 5.41) is 52.0. The lowest BCUT2D eigenvalue weighted by Crippen LogP contribution is -2.81. The van der Waals surface area contributed by atoms with Crippen LogP contribution in [0.15, 0.2) is 102 Å². The van der Waals surface area contributed by atoms with Crippen molar-refractivity contribution < 1.29 is 58.6 Å². The van der Waals surface area contributed by atoms with E-state index in [4.69, 9.17) is 18.9 Å². The van der Waals surface area contributed by atoms with Crippen LogP contribution in [-0.2, 0) is 39.9 Å². The molecular formula is C45H51NO12. The van der Waals surface area contributed by atoms with Crippen molar-refractivity contribution in [2.45, 2.75) is 108 Å². The number of carbonyl (C=O) groups is 4. The van der Waals surface area contributed by atoms with Crippen LogP contribution in [-0.4, -0.2) is 98.5 Å². The molecule has 5 N–H and O–H groups in total. The van der Waals surface area contributed by atoms with E-state index in [1.807, 2.05) is 30.3 Å². The van der Waals surface area contributed by atoms with Gasteiger partial charge in [0, 0.05) is 36.7 Å². The van der Waals surface area contributed by atoms with Gasteiger partial charge in [0.15, 0.2) is 17.5 Å². The molecule has 0 aromatic heterocycles. The molecule has 1 amide bonds. The lowest BCUT2D eigenvalue weighted by atomic mass is 9.44. The van der Waals surface area contributed by atoms with Crippen molar-refractivity contribution in [3.63, 3.8) is 0 Å². The van der Waals surface area contributed by atoms with Gasteiger partial charge in [-0.1, -0.05) is 92.7 Å². The number of ketones is 1. The van der Waals surface area contributed by atoms with Gasteiger partial charge >= 0.3 is 11.9 Å². The summed E-state index contributed by atoms with van der Waals surface area (Å²) < 4.78 is 24.8. The quantitative estimate of drug-likeness (QED) is 0.148. The monoisotopic (exact) mass is 797 g/mol. The number of amides is 1. The van der Waals surface area contributed by atoms with Gasteiger partial charge in [0.25, 0.3) is 5.91 Å². The fourth-order valence-corrected chi connectivity index (χ4v) is 10.0. The highest BCUT2D eigenvalue weighted by Gasteiger charge is 2.77. The van der Waals surface area contributed by atoms with E-state index in [9.17, 15) is 39.6 Å². The van der Waals surface area contributed by atoms with Crippen LogP contribution in [0, 0.1) is 16.7 Å². The zero-order valence-corrected chi connectivity index (χ0v) is 33.2. The first-order chi connectivity index (χ1) is 27.5. The molecule has 7 rings (SSSR count). The molecule has 3 fully saturated rings. The Bertz CT molecular complexity index is 2070. The topological polar surface area (TPSA) is 198 Å². The number of Topliss-reactive ketones (excluding diaryl/α,β-unsaturated/α-hetero) is 1. The Balaban J connectivity index is 1.32. The highest BCUT2D eigenvalue weighted by atomic mass is 16.6. The summed E-state index contributed by atoms with van der Waals surface area (Å²) in [6.07, 6.45) is -9.34. The first kappa shape index (κ1) is 41.4. The molecule has 13 nitrogen and oxygen atoms in total. The summed E-state index contributed by atoms with van der Waals surface area (Å²) in [5.41, 5.74) is -5.22. The fraction of sp³-hybridized carbons (Fsp3) is 0.467. The maximum absolute atomic E-state index is 15.0. The van der Waals surface area contributed by atoms with E-state index in [1.54, 1.807) is 81.4 Å². The minimum Gasteiger partial charge on any atom is -0.456 e. The maximum atomic E-state index is 15.0. The maximum Gasteiger partial charge on any atom is 0.338 e. The van der Waals surface area contributed by atoms with Crippen molar-refractivity contribution in [1.82, 2.24) is 5.32 Å². The summed E-state index contributed by atoms with van der Waals surface area (Å²) >= 11 is 0. The number of nitrogens with one attached hydrogen (secondary N) is 1. The third-order valence-corrected chi connectivity index (χ3v) is 13.2. The predicted molar refractivity (Wildman–Crippen MR) is 208 cm³/mol. The summed E-state index contributed by atoms with van der Waals surface area (Å²) in [5.74, 6) is -4.44. The van der Waals surface area contributed by atoms with Crippen LogP contribution in [0.25, 0.3) is 0 Å². The van der Waals surface area contributed by atoms with Gasteiger partial charge in [-0.2, -0.15) is 0 Å². The van der Waals surface area contributed by atoms with E-state index in [-0.39, 0.29) is 37.2 Å². The van der Waals surface area contributed by atoms with E-state index in [0.717, 1.165) is 5.56 Å². The number of esters is 2. The van der Waals surface area contributed by atoms with Crippen molar-refractivity contribution in [2.24, 2.45) is 16.7 Å². The Morgan fingerprint density at radius 1 is 0.931 bits per heavy atom. The lowest BCUT2D eigenvalue weighted by Gasteiger charge is -2.67. The Morgan fingerprint density at radius 3 is 2.12 bits per heavy atom. The number of fused-ring (bicyclic) bond motifs is 5. The average Bonchev–Trinajstić information content (AvgIpc) is 3.20. The number of aliphatic hydroxyl groups is 4. The van der Waals surface area contributed by atoms with E-state index < -0.39 is 94.2 Å². The number of carbonyl (C=O) groups excluding carboxylic acids is 4. The van der Waals surface area contributed by atoms with Crippen LogP contribution < -0.4 is 5.32 Å². The standard InChI is InChI=1S/C45H51NO12/c1-25-30(57-41(53)36(50)34(28-17-11-7-12-18-28)46-40(52)29-19-13-8-14-20-29)22-45(54)39(55-23-27-15-9-6-10-16-27)37-43(5,38(51)35(49)33(25)42(45,3)4)31(48)21-32-44(37,24-56-32)58-26(2)47/h6-20,30-32,34-37,39,48-50,54H,21-24H2,1-5H3,(H,46,52)/t30-,31-,32+,34-,35+,36+,37-,39-,43+,44-,45+/m0/s1. The molecule has 2 saturated carbocycles. The number of hydrogen-bond donors (Lipinski definition) is 5. The average molecular weight is 798 g/mol. The molecular weight excluding hydrogens is 746 g/mol. The molecule has 0 spiro atoms. The first-order valence-electron chi connectivity index (χ1n) is 19.6.